The zero-order valence-corrected chi connectivity index (χ0v) is 9.68. The van der Waals surface area contributed by atoms with Gasteiger partial charge in [-0.2, -0.15) is 0 Å². The number of nitrogens with one attached hydrogen (secondary N) is 1. The smallest absolute Gasteiger partial charge is 0.372 e. The summed E-state index contributed by atoms with van der Waals surface area (Å²) in [6, 6.07) is 1.60. The van der Waals surface area contributed by atoms with E-state index in [0.29, 0.717) is 25.1 Å². The number of methoxy groups -OCH3 is 1. The van der Waals surface area contributed by atoms with E-state index in [2.05, 4.69) is 5.32 Å². The second-order valence-corrected chi connectivity index (χ2v) is 3.63. The van der Waals surface area contributed by atoms with Gasteiger partial charge in [0.1, 0.15) is 0 Å². The molecule has 0 amide bonds. The minimum Gasteiger partial charge on any atom is -0.475 e. The Morgan fingerprint density at radius 3 is 3.00 bits per heavy atom. The minimum absolute atomic E-state index is 0.0125. The first-order chi connectivity index (χ1) is 8.19. The molecule has 1 rings (SSSR count). The third-order valence-corrected chi connectivity index (χ3v) is 2.37. The van der Waals surface area contributed by atoms with Crippen molar-refractivity contribution in [3.8, 4) is 0 Å². The Morgan fingerprint density at radius 2 is 2.41 bits per heavy atom. The van der Waals surface area contributed by atoms with Crippen LogP contribution in [0.3, 0.4) is 0 Å². The van der Waals surface area contributed by atoms with Crippen LogP contribution < -0.4 is 5.32 Å². The van der Waals surface area contributed by atoms with Gasteiger partial charge in [-0.1, -0.05) is 0 Å². The van der Waals surface area contributed by atoms with E-state index < -0.39 is 5.97 Å². The monoisotopic (exact) mass is 243 g/mol. The molecule has 0 saturated heterocycles. The molecule has 0 aliphatic heterocycles. The van der Waals surface area contributed by atoms with Crippen molar-refractivity contribution in [3.63, 3.8) is 0 Å². The van der Waals surface area contributed by atoms with E-state index in [1.165, 1.54) is 6.26 Å². The van der Waals surface area contributed by atoms with E-state index in [-0.39, 0.29) is 18.4 Å². The van der Waals surface area contributed by atoms with Crippen LogP contribution in [0.2, 0.25) is 0 Å². The minimum atomic E-state index is -1.09. The highest BCUT2D eigenvalue weighted by Gasteiger charge is 2.15. The third kappa shape index (κ3) is 4.18. The summed E-state index contributed by atoms with van der Waals surface area (Å²) in [6.45, 7) is 0.880. The van der Waals surface area contributed by atoms with Crippen LogP contribution in [0.4, 0.5) is 0 Å². The quantitative estimate of drug-likeness (QED) is 0.614. The summed E-state index contributed by atoms with van der Waals surface area (Å²) in [5, 5.41) is 20.8. The van der Waals surface area contributed by atoms with Gasteiger partial charge < -0.3 is 24.7 Å². The maximum atomic E-state index is 10.8. The first kappa shape index (κ1) is 13.7. The average molecular weight is 243 g/mol. The zero-order chi connectivity index (χ0) is 12.7. The average Bonchev–Trinajstić information content (AvgIpc) is 2.74. The summed E-state index contributed by atoms with van der Waals surface area (Å²) in [5.41, 5.74) is 0.580. The SMILES string of the molecule is COCC(CCO)NCc1ccoc1C(=O)O. The molecule has 1 aromatic rings. The highest BCUT2D eigenvalue weighted by atomic mass is 16.5. The molecule has 0 aliphatic rings. The van der Waals surface area contributed by atoms with Crippen LogP contribution in [0, 0.1) is 0 Å². The number of hydrogen-bond acceptors (Lipinski definition) is 5. The second kappa shape index (κ2) is 7.05. The van der Waals surface area contributed by atoms with Gasteiger partial charge in [0.05, 0.1) is 12.9 Å². The van der Waals surface area contributed by atoms with E-state index in [9.17, 15) is 4.79 Å². The Hall–Kier alpha value is -1.37. The van der Waals surface area contributed by atoms with Crippen LogP contribution in [0.1, 0.15) is 22.5 Å². The van der Waals surface area contributed by atoms with Crippen molar-refractivity contribution in [2.75, 3.05) is 20.3 Å². The fraction of sp³-hybridized carbons (Fsp3) is 0.545. The number of rotatable bonds is 8. The zero-order valence-electron chi connectivity index (χ0n) is 9.68. The van der Waals surface area contributed by atoms with Crippen molar-refractivity contribution in [1.82, 2.24) is 5.32 Å². The molecule has 1 aromatic heterocycles. The molecule has 17 heavy (non-hydrogen) atoms. The molecule has 0 bridgehead atoms. The predicted octanol–water partition coefficient (Wildman–Crippen LogP) is 0.465. The van der Waals surface area contributed by atoms with Gasteiger partial charge in [-0.25, -0.2) is 4.79 Å². The molecule has 0 radical (unpaired) electrons. The predicted molar refractivity (Wildman–Crippen MR) is 59.9 cm³/mol. The normalized spacial score (nSPS) is 12.6. The van der Waals surface area contributed by atoms with Gasteiger partial charge in [-0.15, -0.1) is 0 Å². The molecule has 0 aliphatic carbocycles. The standard InChI is InChI=1S/C11H17NO5/c1-16-7-9(2-4-13)12-6-8-3-5-17-10(8)11(14)15/h3,5,9,12-13H,2,4,6-7H2,1H3,(H,14,15). The molecule has 6 nitrogen and oxygen atoms in total. The van der Waals surface area contributed by atoms with Crippen LogP contribution in [0.15, 0.2) is 16.7 Å². The molecule has 0 saturated carbocycles. The summed E-state index contributed by atoms with van der Waals surface area (Å²) in [4.78, 5) is 10.8. The molecule has 96 valence electrons. The van der Waals surface area contributed by atoms with E-state index in [4.69, 9.17) is 19.4 Å². The number of hydrogen-bond donors (Lipinski definition) is 3. The lowest BCUT2D eigenvalue weighted by Crippen LogP contribution is -2.33. The van der Waals surface area contributed by atoms with E-state index in [1.807, 2.05) is 0 Å². The molecule has 3 N–H and O–H groups in total. The Kier molecular flexibility index (Phi) is 5.68. The van der Waals surface area contributed by atoms with Gasteiger partial charge in [0, 0.05) is 31.9 Å². The second-order valence-electron chi connectivity index (χ2n) is 3.63. The van der Waals surface area contributed by atoms with Gasteiger partial charge in [0.15, 0.2) is 0 Å². The number of aliphatic hydroxyl groups excluding tert-OH is 1. The number of carboxylic acids is 1. The maximum Gasteiger partial charge on any atom is 0.372 e. The lowest BCUT2D eigenvalue weighted by atomic mass is 10.2. The molecule has 1 heterocycles. The Balaban J connectivity index is 2.52. The molecule has 1 atom stereocenters. The highest BCUT2D eigenvalue weighted by Crippen LogP contribution is 2.10. The molecule has 0 spiro atoms. The van der Waals surface area contributed by atoms with E-state index >= 15 is 0 Å². The van der Waals surface area contributed by atoms with Gasteiger partial charge in [0.2, 0.25) is 5.76 Å². The largest absolute Gasteiger partial charge is 0.475 e. The van der Waals surface area contributed by atoms with Crippen molar-refractivity contribution < 1.29 is 24.2 Å². The van der Waals surface area contributed by atoms with Crippen LogP contribution in [0.25, 0.3) is 0 Å². The number of aromatic carboxylic acids is 1. The van der Waals surface area contributed by atoms with E-state index in [1.54, 1.807) is 13.2 Å². The number of ether oxygens (including phenoxy) is 1. The Bertz CT molecular complexity index is 343. The molecule has 0 aromatic carbocycles. The van der Waals surface area contributed by atoms with Crippen molar-refractivity contribution in [2.45, 2.75) is 19.0 Å². The van der Waals surface area contributed by atoms with Crippen molar-refractivity contribution in [3.05, 3.63) is 23.7 Å². The lowest BCUT2D eigenvalue weighted by molar-refractivity contribution is 0.0660. The van der Waals surface area contributed by atoms with Crippen LogP contribution in [0.5, 0.6) is 0 Å². The van der Waals surface area contributed by atoms with Gasteiger partial charge in [-0.3, -0.25) is 0 Å². The Labute approximate surface area is 99.2 Å². The van der Waals surface area contributed by atoms with E-state index in [0.717, 1.165) is 0 Å². The third-order valence-electron chi connectivity index (χ3n) is 2.37. The number of furan rings is 1. The van der Waals surface area contributed by atoms with Crippen molar-refractivity contribution >= 4 is 5.97 Å². The topological polar surface area (TPSA) is 91.9 Å². The highest BCUT2D eigenvalue weighted by molar-refractivity contribution is 5.86. The van der Waals surface area contributed by atoms with Crippen LogP contribution in [-0.2, 0) is 11.3 Å². The molecule has 1 unspecified atom stereocenters. The molecular weight excluding hydrogens is 226 g/mol. The number of carbonyl (C=O) groups is 1. The summed E-state index contributed by atoms with van der Waals surface area (Å²) in [6.07, 6.45) is 1.89. The molecule has 0 fully saturated rings. The fourth-order valence-corrected chi connectivity index (χ4v) is 1.52. The summed E-state index contributed by atoms with van der Waals surface area (Å²) in [7, 11) is 1.58. The first-order valence-electron chi connectivity index (χ1n) is 5.31. The number of carboxylic acid groups (broad SMARTS) is 1. The summed E-state index contributed by atoms with van der Waals surface area (Å²) >= 11 is 0. The first-order valence-corrected chi connectivity index (χ1v) is 5.31. The van der Waals surface area contributed by atoms with Gasteiger partial charge in [-0.05, 0) is 12.5 Å². The summed E-state index contributed by atoms with van der Waals surface area (Å²) < 4.78 is 9.85. The lowest BCUT2D eigenvalue weighted by Gasteiger charge is -2.16. The van der Waals surface area contributed by atoms with Crippen molar-refractivity contribution in [1.29, 1.82) is 0 Å². The maximum absolute atomic E-state index is 10.8. The Morgan fingerprint density at radius 1 is 1.65 bits per heavy atom. The summed E-state index contributed by atoms with van der Waals surface area (Å²) in [5.74, 6) is -1.14. The molecular formula is C11H17NO5. The molecule has 6 heteroatoms. The fourth-order valence-electron chi connectivity index (χ4n) is 1.52. The van der Waals surface area contributed by atoms with Crippen LogP contribution in [-0.4, -0.2) is 42.5 Å². The van der Waals surface area contributed by atoms with Crippen LogP contribution >= 0.6 is 0 Å². The van der Waals surface area contributed by atoms with Gasteiger partial charge in [0.25, 0.3) is 0 Å². The number of aliphatic hydroxyl groups is 1. The van der Waals surface area contributed by atoms with Gasteiger partial charge >= 0.3 is 5.97 Å². The van der Waals surface area contributed by atoms with Crippen molar-refractivity contribution in [2.24, 2.45) is 0 Å².